The van der Waals surface area contributed by atoms with Gasteiger partial charge in [0.05, 0.1) is 25.9 Å². The number of nitrogens with zero attached hydrogens (tertiary/aromatic N) is 3. The Labute approximate surface area is 339 Å². The Bertz CT molecular complexity index is 1850. The molecular weight excluding hydrogens is 719 g/mol. The molecule has 2 amide bonds. The number of hydroxylamine groups is 2. The number of nitrogens with one attached hydrogen (secondary N) is 2. The maximum absolute atomic E-state index is 14.4. The van der Waals surface area contributed by atoms with Crippen LogP contribution in [0.4, 0.5) is 5.69 Å². The van der Waals surface area contributed by atoms with E-state index in [1.54, 1.807) is 12.0 Å². The number of ether oxygens (including phenoxy) is 1. The van der Waals surface area contributed by atoms with Crippen molar-refractivity contribution in [1.29, 1.82) is 0 Å². The largest absolute Gasteiger partial charge is 0.493 e. The third-order valence-corrected chi connectivity index (χ3v) is 13.0. The Kier molecular flexibility index (Phi) is 13.4. The van der Waals surface area contributed by atoms with Crippen LogP contribution in [0.25, 0.3) is 11.1 Å². The van der Waals surface area contributed by atoms with E-state index in [4.69, 9.17) is 9.57 Å². The maximum atomic E-state index is 14.4. The number of anilines is 1. The molecule has 11 nitrogen and oxygen atoms in total. The van der Waals surface area contributed by atoms with Crippen LogP contribution in [0.5, 0.6) is 5.75 Å². The van der Waals surface area contributed by atoms with Crippen LogP contribution in [0.1, 0.15) is 68.9 Å². The number of rotatable bonds is 16. The molecule has 3 saturated carbocycles. The number of hydrogen-bond donors (Lipinski definition) is 4. The summed E-state index contributed by atoms with van der Waals surface area (Å²) < 4.78 is 6.40. The number of hydrogen-bond acceptors (Lipinski definition) is 9. The summed E-state index contributed by atoms with van der Waals surface area (Å²) >= 11 is 0. The van der Waals surface area contributed by atoms with Crippen LogP contribution in [-0.4, -0.2) is 110 Å². The molecule has 4 aliphatic rings. The predicted molar refractivity (Wildman–Crippen MR) is 225 cm³/mol. The van der Waals surface area contributed by atoms with E-state index >= 15 is 0 Å². The van der Waals surface area contributed by atoms with Crippen molar-refractivity contribution >= 4 is 17.5 Å². The molecule has 0 radical (unpaired) electrons. The minimum Gasteiger partial charge on any atom is -0.493 e. The molecular formula is C46H65N5O6. The van der Waals surface area contributed by atoms with Crippen LogP contribution in [0, 0.1) is 29.1 Å². The second kappa shape index (κ2) is 17.9. The number of para-hydroxylation sites is 1. The molecule has 4 N–H and O–H groups in total. The lowest BCUT2D eigenvalue weighted by Gasteiger charge is -2.62. The highest BCUT2D eigenvalue weighted by atomic mass is 16.7. The second-order valence-electron chi connectivity index (χ2n) is 17.7. The van der Waals surface area contributed by atoms with Crippen LogP contribution < -0.4 is 20.3 Å². The quantitative estimate of drug-likeness (QED) is 0.152. The Hall–Kier alpha value is -4.00. The Balaban J connectivity index is 1.30. The van der Waals surface area contributed by atoms with Crippen LogP contribution in [0.3, 0.4) is 0 Å². The number of benzene rings is 3. The molecule has 0 spiro atoms. The van der Waals surface area contributed by atoms with E-state index in [0.717, 1.165) is 34.4 Å². The number of aliphatic hydroxyl groups is 2. The van der Waals surface area contributed by atoms with E-state index in [9.17, 15) is 19.8 Å². The van der Waals surface area contributed by atoms with E-state index < -0.39 is 24.2 Å². The molecule has 57 heavy (non-hydrogen) atoms. The first kappa shape index (κ1) is 42.6. The van der Waals surface area contributed by atoms with E-state index in [1.807, 2.05) is 94.6 Å². The zero-order chi connectivity index (χ0) is 41.2. The molecule has 4 fully saturated rings. The van der Waals surface area contributed by atoms with Crippen molar-refractivity contribution in [3.8, 4) is 16.9 Å². The zero-order valence-electron chi connectivity index (χ0n) is 35.4. The summed E-state index contributed by atoms with van der Waals surface area (Å²) in [4.78, 5) is 38.8. The van der Waals surface area contributed by atoms with Crippen molar-refractivity contribution in [3.05, 3.63) is 83.4 Å². The van der Waals surface area contributed by atoms with Gasteiger partial charge in [0, 0.05) is 61.0 Å². The first-order valence-electron chi connectivity index (χ1n) is 20.7. The van der Waals surface area contributed by atoms with Crippen molar-refractivity contribution in [2.75, 3.05) is 52.8 Å². The van der Waals surface area contributed by atoms with Gasteiger partial charge in [-0.05, 0) is 99.7 Å². The van der Waals surface area contributed by atoms with Gasteiger partial charge < -0.3 is 35.4 Å². The topological polar surface area (TPSA) is 127 Å². The summed E-state index contributed by atoms with van der Waals surface area (Å²) in [5.74, 6) is 1.06. The van der Waals surface area contributed by atoms with Gasteiger partial charge in [0.1, 0.15) is 17.9 Å². The van der Waals surface area contributed by atoms with Gasteiger partial charge in [0.25, 0.3) is 5.91 Å². The van der Waals surface area contributed by atoms with Gasteiger partial charge in [-0.1, -0.05) is 69.3 Å². The number of carbonyl (C=O) groups excluding carboxylic acids is 2. The highest BCUT2D eigenvalue weighted by Gasteiger charge is 2.57. The fourth-order valence-corrected chi connectivity index (χ4v) is 9.83. The first-order valence-corrected chi connectivity index (χ1v) is 20.7. The number of aliphatic hydroxyl groups excluding tert-OH is 2. The van der Waals surface area contributed by atoms with Crippen LogP contribution in [-0.2, 0) is 22.6 Å². The molecule has 9 atom stereocenters. The minimum absolute atomic E-state index is 0.0353. The molecule has 0 aromatic heterocycles. The SMILES string of the molecule is CCOc1c(CN2O[C@@H](CO)[C@@H]([C@H](C)O)[C@H]2C(=O)N[C@H]2C[C@@H]3C[C@H]([C@@H]2C)C3(C)C)cccc1-c1cc(C(=O)N[C@H](Cc2ccccc2)CN(C)C)cc(N(C)C)c1. The molecule has 7 rings (SSSR count). The Morgan fingerprint density at radius 1 is 1.04 bits per heavy atom. The van der Waals surface area contributed by atoms with E-state index in [1.165, 1.54) is 6.42 Å². The van der Waals surface area contributed by atoms with Gasteiger partial charge >= 0.3 is 0 Å². The summed E-state index contributed by atoms with van der Waals surface area (Å²) in [6.07, 6.45) is 1.17. The summed E-state index contributed by atoms with van der Waals surface area (Å²) in [5, 5.41) is 29.7. The van der Waals surface area contributed by atoms with Gasteiger partial charge in [-0.15, -0.1) is 0 Å². The fraction of sp³-hybridized carbons (Fsp3) is 0.565. The summed E-state index contributed by atoms with van der Waals surface area (Å²) in [5.41, 5.74) is 5.21. The average molecular weight is 784 g/mol. The van der Waals surface area contributed by atoms with Gasteiger partial charge in [-0.25, -0.2) is 0 Å². The molecule has 11 heteroatoms. The lowest BCUT2D eigenvalue weighted by Crippen LogP contribution is -2.62. The van der Waals surface area contributed by atoms with Crippen LogP contribution in [0.2, 0.25) is 0 Å². The third-order valence-electron chi connectivity index (χ3n) is 13.0. The smallest absolute Gasteiger partial charge is 0.251 e. The molecule has 1 heterocycles. The number of likely N-dealkylation sites (N-methyl/N-ethyl adjacent to an activating group) is 1. The second-order valence-corrected chi connectivity index (χ2v) is 17.7. The Morgan fingerprint density at radius 2 is 1.77 bits per heavy atom. The first-order chi connectivity index (χ1) is 27.1. The van der Waals surface area contributed by atoms with Gasteiger partial charge in [-0.2, -0.15) is 5.06 Å². The lowest BCUT2D eigenvalue weighted by molar-refractivity contribution is -0.183. The van der Waals surface area contributed by atoms with Crippen molar-refractivity contribution in [2.45, 2.75) is 90.8 Å². The number of fused-ring (bicyclic) bond motifs is 2. The van der Waals surface area contributed by atoms with Gasteiger partial charge in [-0.3, -0.25) is 14.4 Å². The molecule has 3 aromatic rings. The molecule has 3 aliphatic carbocycles. The third kappa shape index (κ3) is 9.18. The van der Waals surface area contributed by atoms with Crippen molar-refractivity contribution in [3.63, 3.8) is 0 Å². The summed E-state index contributed by atoms with van der Waals surface area (Å²) in [7, 11) is 7.92. The summed E-state index contributed by atoms with van der Waals surface area (Å²) in [6, 6.07) is 21.0. The molecule has 2 bridgehead atoms. The highest BCUT2D eigenvalue weighted by molar-refractivity contribution is 5.97. The van der Waals surface area contributed by atoms with Crippen LogP contribution >= 0.6 is 0 Å². The molecule has 1 saturated heterocycles. The monoisotopic (exact) mass is 783 g/mol. The lowest BCUT2D eigenvalue weighted by atomic mass is 9.45. The minimum atomic E-state index is -0.903. The van der Waals surface area contributed by atoms with Crippen molar-refractivity contribution in [1.82, 2.24) is 20.6 Å². The van der Waals surface area contributed by atoms with Crippen molar-refractivity contribution < 1.29 is 29.4 Å². The van der Waals surface area contributed by atoms with Gasteiger partial charge in [0.2, 0.25) is 5.91 Å². The van der Waals surface area contributed by atoms with E-state index in [2.05, 4.69) is 48.4 Å². The predicted octanol–water partition coefficient (Wildman–Crippen LogP) is 5.38. The average Bonchev–Trinajstić information content (AvgIpc) is 3.54. The zero-order valence-corrected chi connectivity index (χ0v) is 35.4. The number of carbonyl (C=O) groups is 2. The Morgan fingerprint density at radius 3 is 2.39 bits per heavy atom. The van der Waals surface area contributed by atoms with E-state index in [-0.39, 0.29) is 42.5 Å². The normalized spacial score (nSPS) is 26.4. The van der Waals surface area contributed by atoms with Crippen molar-refractivity contribution in [2.24, 2.45) is 29.1 Å². The molecule has 1 aliphatic heterocycles. The van der Waals surface area contributed by atoms with Gasteiger partial charge in [0.15, 0.2) is 0 Å². The van der Waals surface area contributed by atoms with E-state index in [0.29, 0.717) is 48.6 Å². The fourth-order valence-electron chi connectivity index (χ4n) is 9.83. The molecule has 0 unspecified atom stereocenters. The standard InChI is InChI=1S/C46H65N5O6/c1-10-56-43-31(25-51-42(41(29(3)53)40(27-52)57-51)45(55)48-39-24-34-23-38(28(39)2)46(34,4)5)17-14-18-37(43)32-20-33(22-36(21-32)50(8)9)44(54)47-35(26-49(6)7)19-30-15-12-11-13-16-30/h11-18,20-22,28-29,34-35,38-42,52-53H,10,19,23-27H2,1-9H3,(H,47,54)(H,48,55)/t28-,29-,34-,35+,38+,39-,40-,41+,42-/m0/s1. The number of amides is 2. The molecule has 3 aromatic carbocycles. The molecule has 310 valence electrons. The highest BCUT2D eigenvalue weighted by Crippen LogP contribution is 2.61. The maximum Gasteiger partial charge on any atom is 0.251 e. The van der Waals surface area contributed by atoms with Crippen LogP contribution in [0.15, 0.2) is 66.7 Å². The summed E-state index contributed by atoms with van der Waals surface area (Å²) in [6.45, 7) is 11.4.